The molecule has 226 valence electrons. The molecule has 2 aliphatic heterocycles. The first kappa shape index (κ1) is 29.1. The Hall–Kier alpha value is -2.97. The molecule has 0 bridgehead atoms. The molecule has 11 nitrogen and oxygen atoms in total. The van der Waals surface area contributed by atoms with Gasteiger partial charge in [-0.05, 0) is 74.7 Å². The number of rotatable bonds is 8. The summed E-state index contributed by atoms with van der Waals surface area (Å²) in [4.78, 5) is 22.9. The highest BCUT2D eigenvalue weighted by atomic mass is 32.2. The Kier molecular flexibility index (Phi) is 8.29. The van der Waals surface area contributed by atoms with Crippen molar-refractivity contribution in [2.75, 3.05) is 53.5 Å². The predicted octanol–water partition coefficient (Wildman–Crippen LogP) is 2.66. The first-order valence-electron chi connectivity index (χ1n) is 14.7. The van der Waals surface area contributed by atoms with Crippen LogP contribution in [-0.4, -0.2) is 103 Å². The minimum absolute atomic E-state index is 0.00505. The maximum atomic E-state index is 13.8. The number of ether oxygens (including phenoxy) is 1. The minimum Gasteiger partial charge on any atom is -0.379 e. The SMILES string of the molecule is CN(C)S(=O)(=O)NC(=O)c1cc(CN2CCC(N3CCOCC3)CC2)c2c(C3CCC3)nn(-c3ccc(F)cc3)c2n1. The minimum atomic E-state index is -4.02. The van der Waals surface area contributed by atoms with Crippen molar-refractivity contribution in [3.05, 3.63) is 53.1 Å². The van der Waals surface area contributed by atoms with E-state index >= 15 is 0 Å². The van der Waals surface area contributed by atoms with Crippen molar-refractivity contribution in [1.29, 1.82) is 0 Å². The summed E-state index contributed by atoms with van der Waals surface area (Å²) < 4.78 is 49.0. The summed E-state index contributed by atoms with van der Waals surface area (Å²) in [5.41, 5.74) is 2.91. The van der Waals surface area contributed by atoms with Gasteiger partial charge in [0.25, 0.3) is 5.91 Å². The molecular weight excluding hydrogens is 561 g/mol. The Morgan fingerprint density at radius 2 is 1.76 bits per heavy atom. The Morgan fingerprint density at radius 1 is 1.07 bits per heavy atom. The second-order valence-electron chi connectivity index (χ2n) is 11.6. The maximum Gasteiger partial charge on any atom is 0.303 e. The number of carbonyl (C=O) groups excluding carboxylic acids is 1. The number of pyridine rings is 1. The van der Waals surface area contributed by atoms with Gasteiger partial charge < -0.3 is 4.74 Å². The third-order valence-corrected chi connectivity index (χ3v) is 10.2. The van der Waals surface area contributed by atoms with Crippen molar-refractivity contribution in [3.8, 4) is 5.69 Å². The molecule has 2 saturated heterocycles. The zero-order valence-corrected chi connectivity index (χ0v) is 24.9. The third-order valence-electron chi connectivity index (χ3n) is 8.76. The zero-order chi connectivity index (χ0) is 29.4. The monoisotopic (exact) mass is 599 g/mol. The van der Waals surface area contributed by atoms with Gasteiger partial charge in [-0.25, -0.2) is 18.8 Å². The zero-order valence-electron chi connectivity index (χ0n) is 24.1. The lowest BCUT2D eigenvalue weighted by Gasteiger charge is -2.40. The lowest BCUT2D eigenvalue weighted by Crippen LogP contribution is -2.48. The fourth-order valence-corrected chi connectivity index (χ4v) is 6.60. The van der Waals surface area contributed by atoms with Crippen LogP contribution in [0.4, 0.5) is 4.39 Å². The summed E-state index contributed by atoms with van der Waals surface area (Å²) in [6, 6.07) is 8.25. The van der Waals surface area contributed by atoms with Crippen molar-refractivity contribution in [2.45, 2.75) is 50.6 Å². The number of halogens is 1. The standard InChI is InChI=1S/C29H38FN7O4S/c1-34(2)42(39,40)33-29(38)25-18-21(19-35-12-10-23(11-13-35)36-14-16-41-17-15-36)26-27(20-4-3-5-20)32-37(28(26)31-25)24-8-6-22(30)7-9-24/h6-9,18,20,23H,3-5,10-17,19H2,1-2H3,(H,33,38). The Bertz CT molecular complexity index is 1540. The van der Waals surface area contributed by atoms with Gasteiger partial charge in [0.2, 0.25) is 0 Å². The van der Waals surface area contributed by atoms with E-state index in [1.807, 2.05) is 0 Å². The van der Waals surface area contributed by atoms with Gasteiger partial charge in [-0.3, -0.25) is 14.6 Å². The number of nitrogens with one attached hydrogen (secondary N) is 1. The molecule has 0 atom stereocenters. The van der Waals surface area contributed by atoms with Crippen LogP contribution in [0.15, 0.2) is 30.3 Å². The highest BCUT2D eigenvalue weighted by Gasteiger charge is 2.31. The van der Waals surface area contributed by atoms with E-state index in [9.17, 15) is 17.6 Å². The molecule has 1 aliphatic carbocycles. The van der Waals surface area contributed by atoms with E-state index < -0.39 is 16.1 Å². The van der Waals surface area contributed by atoms with Crippen molar-refractivity contribution < 1.29 is 22.3 Å². The molecule has 1 saturated carbocycles. The van der Waals surface area contributed by atoms with Crippen LogP contribution < -0.4 is 4.72 Å². The molecule has 2 aromatic heterocycles. The van der Waals surface area contributed by atoms with Crippen molar-refractivity contribution >= 4 is 27.1 Å². The van der Waals surface area contributed by atoms with Crippen molar-refractivity contribution in [2.24, 2.45) is 0 Å². The molecular formula is C29H38FN7O4S. The van der Waals surface area contributed by atoms with E-state index in [-0.39, 0.29) is 17.4 Å². The van der Waals surface area contributed by atoms with Crippen LogP contribution in [0, 0.1) is 5.82 Å². The smallest absolute Gasteiger partial charge is 0.303 e. The van der Waals surface area contributed by atoms with Crippen LogP contribution in [0.25, 0.3) is 16.7 Å². The Labute approximate surface area is 245 Å². The third kappa shape index (κ3) is 5.93. The van der Waals surface area contributed by atoms with E-state index in [0.717, 1.165) is 92.4 Å². The average Bonchev–Trinajstić information content (AvgIpc) is 3.32. The molecule has 0 unspecified atom stereocenters. The van der Waals surface area contributed by atoms with Gasteiger partial charge in [0.1, 0.15) is 11.5 Å². The van der Waals surface area contributed by atoms with Gasteiger partial charge in [0.15, 0.2) is 5.65 Å². The van der Waals surface area contributed by atoms with Gasteiger partial charge in [-0.2, -0.15) is 17.8 Å². The predicted molar refractivity (Wildman–Crippen MR) is 156 cm³/mol. The fourth-order valence-electron chi connectivity index (χ4n) is 6.08. The van der Waals surface area contributed by atoms with Crippen molar-refractivity contribution in [1.82, 2.24) is 33.6 Å². The van der Waals surface area contributed by atoms with E-state index in [2.05, 4.69) is 19.5 Å². The first-order chi connectivity index (χ1) is 20.2. The van der Waals surface area contributed by atoms with Crippen molar-refractivity contribution in [3.63, 3.8) is 0 Å². The topological polar surface area (TPSA) is 113 Å². The van der Waals surface area contributed by atoms with Crippen LogP contribution in [0.2, 0.25) is 0 Å². The average molecular weight is 600 g/mol. The van der Waals surface area contributed by atoms with Gasteiger partial charge in [-0.1, -0.05) is 6.42 Å². The molecule has 1 N–H and O–H groups in total. The number of carbonyl (C=O) groups is 1. The molecule has 13 heteroatoms. The van der Waals surface area contributed by atoms with Crippen LogP contribution in [0.5, 0.6) is 0 Å². The van der Waals surface area contributed by atoms with Crippen LogP contribution in [0.1, 0.15) is 59.8 Å². The number of fused-ring (bicyclic) bond motifs is 1. The quantitative estimate of drug-likeness (QED) is 0.421. The molecule has 0 radical (unpaired) electrons. The lowest BCUT2D eigenvalue weighted by molar-refractivity contribution is 0.000257. The number of nitrogens with zero attached hydrogens (tertiary/aromatic N) is 6. The number of hydrogen-bond donors (Lipinski definition) is 1. The lowest BCUT2D eigenvalue weighted by atomic mass is 9.81. The molecule has 42 heavy (non-hydrogen) atoms. The van der Waals surface area contributed by atoms with E-state index in [4.69, 9.17) is 9.84 Å². The van der Waals surface area contributed by atoms with E-state index in [1.54, 1.807) is 22.9 Å². The molecule has 4 heterocycles. The summed E-state index contributed by atoms with van der Waals surface area (Å²) in [5.74, 6) is -0.900. The molecule has 3 aliphatic rings. The Morgan fingerprint density at radius 3 is 2.38 bits per heavy atom. The Balaban J connectivity index is 1.38. The van der Waals surface area contributed by atoms with E-state index in [1.165, 1.54) is 26.2 Å². The van der Waals surface area contributed by atoms with Crippen LogP contribution >= 0.6 is 0 Å². The van der Waals surface area contributed by atoms with Crippen LogP contribution in [-0.2, 0) is 21.5 Å². The van der Waals surface area contributed by atoms with Gasteiger partial charge >= 0.3 is 10.2 Å². The second kappa shape index (κ2) is 12.0. The van der Waals surface area contributed by atoms with Gasteiger partial charge in [0, 0.05) is 51.1 Å². The number of aromatic nitrogens is 3. The number of amides is 1. The fraction of sp³-hybridized carbons (Fsp3) is 0.552. The summed E-state index contributed by atoms with van der Waals surface area (Å²) in [7, 11) is -1.31. The normalized spacial score (nSPS) is 19.8. The molecule has 3 fully saturated rings. The number of hydrogen-bond acceptors (Lipinski definition) is 8. The molecule has 6 rings (SSSR count). The van der Waals surface area contributed by atoms with Gasteiger partial charge in [0.05, 0.1) is 24.6 Å². The molecule has 0 spiro atoms. The highest BCUT2D eigenvalue weighted by Crippen LogP contribution is 2.41. The molecule has 1 amide bonds. The summed E-state index contributed by atoms with van der Waals surface area (Å²) >= 11 is 0. The second-order valence-corrected chi connectivity index (χ2v) is 13.5. The number of benzene rings is 1. The number of piperidine rings is 1. The van der Waals surface area contributed by atoms with Gasteiger partial charge in [-0.15, -0.1) is 0 Å². The first-order valence-corrected chi connectivity index (χ1v) is 16.1. The number of morpholine rings is 1. The number of likely N-dealkylation sites (tertiary alicyclic amines) is 1. The molecule has 3 aromatic rings. The summed E-state index contributed by atoms with van der Waals surface area (Å²) in [5, 5.41) is 5.87. The highest BCUT2D eigenvalue weighted by molar-refractivity contribution is 7.87. The van der Waals surface area contributed by atoms with E-state index in [0.29, 0.717) is 23.9 Å². The van der Waals surface area contributed by atoms with Crippen LogP contribution in [0.3, 0.4) is 0 Å². The maximum absolute atomic E-state index is 13.8. The molecule has 1 aromatic carbocycles. The largest absolute Gasteiger partial charge is 0.379 e. The summed E-state index contributed by atoms with van der Waals surface area (Å²) in [6.07, 6.45) is 5.25. The summed E-state index contributed by atoms with van der Waals surface area (Å²) in [6.45, 7) is 5.91.